The van der Waals surface area contributed by atoms with Gasteiger partial charge in [0, 0.05) is 51.0 Å². The molecular weight excluding hydrogens is 338 g/mol. The zero-order valence-corrected chi connectivity index (χ0v) is 16.1. The lowest BCUT2D eigenvalue weighted by Gasteiger charge is -2.33. The molecule has 1 aliphatic heterocycles. The first-order valence-electron chi connectivity index (χ1n) is 9.60. The van der Waals surface area contributed by atoms with Gasteiger partial charge in [-0.05, 0) is 37.7 Å². The molecule has 2 N–H and O–H groups in total. The first-order valence-corrected chi connectivity index (χ1v) is 9.60. The Morgan fingerprint density at radius 3 is 2.59 bits per heavy atom. The second-order valence-corrected chi connectivity index (χ2v) is 7.05. The standard InChI is InChI=1S/C21H29N5O/c1-24-12-14-25(15-13-24)20-16-19(8-10-23-20)21(27)26(11-5-9-22)17-18-6-3-2-4-7-18/h2-4,6-8,10,16H,5,9,11-15,17,22H2,1H3. The number of benzene rings is 1. The molecule has 0 bridgehead atoms. The van der Waals surface area contributed by atoms with E-state index >= 15 is 0 Å². The van der Waals surface area contributed by atoms with Gasteiger partial charge in [-0.2, -0.15) is 0 Å². The molecule has 144 valence electrons. The van der Waals surface area contributed by atoms with Crippen LogP contribution >= 0.6 is 0 Å². The molecule has 3 rings (SSSR count). The predicted octanol–water partition coefficient (Wildman–Crippen LogP) is 1.82. The van der Waals surface area contributed by atoms with E-state index in [1.807, 2.05) is 47.4 Å². The molecule has 6 nitrogen and oxygen atoms in total. The lowest BCUT2D eigenvalue weighted by Crippen LogP contribution is -2.44. The summed E-state index contributed by atoms with van der Waals surface area (Å²) in [6.07, 6.45) is 2.53. The number of hydrogen-bond donors (Lipinski definition) is 1. The van der Waals surface area contributed by atoms with E-state index in [0.717, 1.165) is 44.0 Å². The van der Waals surface area contributed by atoms with Crippen molar-refractivity contribution in [1.29, 1.82) is 0 Å². The van der Waals surface area contributed by atoms with Crippen molar-refractivity contribution < 1.29 is 4.79 Å². The summed E-state index contributed by atoms with van der Waals surface area (Å²) < 4.78 is 0. The second kappa shape index (κ2) is 9.48. The first-order chi connectivity index (χ1) is 13.2. The van der Waals surface area contributed by atoms with E-state index in [1.165, 1.54) is 0 Å². The van der Waals surface area contributed by atoms with E-state index in [9.17, 15) is 4.79 Å². The Labute approximate surface area is 161 Å². The van der Waals surface area contributed by atoms with Crippen LogP contribution in [0.2, 0.25) is 0 Å². The van der Waals surface area contributed by atoms with Crippen LogP contribution in [-0.4, -0.2) is 67.0 Å². The van der Waals surface area contributed by atoms with E-state index in [1.54, 1.807) is 6.20 Å². The molecule has 6 heteroatoms. The van der Waals surface area contributed by atoms with E-state index in [4.69, 9.17) is 5.73 Å². The Kier molecular flexibility index (Phi) is 6.79. The van der Waals surface area contributed by atoms with Gasteiger partial charge in [0.15, 0.2) is 0 Å². The van der Waals surface area contributed by atoms with E-state index in [2.05, 4.69) is 21.8 Å². The maximum Gasteiger partial charge on any atom is 0.254 e. The van der Waals surface area contributed by atoms with Crippen LogP contribution in [0.15, 0.2) is 48.7 Å². The zero-order chi connectivity index (χ0) is 19.1. The number of piperazine rings is 1. The summed E-state index contributed by atoms with van der Waals surface area (Å²) in [5.74, 6) is 0.914. The number of amides is 1. The molecule has 1 fully saturated rings. The SMILES string of the molecule is CN1CCN(c2cc(C(=O)N(CCCN)Cc3ccccc3)ccn2)CC1. The monoisotopic (exact) mass is 367 g/mol. The lowest BCUT2D eigenvalue weighted by atomic mass is 10.1. The summed E-state index contributed by atoms with van der Waals surface area (Å²) in [6, 6.07) is 13.8. The summed E-state index contributed by atoms with van der Waals surface area (Å²) in [6.45, 7) is 5.70. The lowest BCUT2D eigenvalue weighted by molar-refractivity contribution is 0.0742. The minimum Gasteiger partial charge on any atom is -0.354 e. The average Bonchev–Trinajstić information content (AvgIpc) is 2.72. The van der Waals surface area contributed by atoms with Gasteiger partial charge in [-0.15, -0.1) is 0 Å². The third-order valence-electron chi connectivity index (χ3n) is 4.96. The quantitative estimate of drug-likeness (QED) is 0.809. The highest BCUT2D eigenvalue weighted by molar-refractivity contribution is 5.94. The Morgan fingerprint density at radius 2 is 1.89 bits per heavy atom. The summed E-state index contributed by atoms with van der Waals surface area (Å²) in [5.41, 5.74) is 7.49. The molecule has 1 amide bonds. The Morgan fingerprint density at radius 1 is 1.15 bits per heavy atom. The van der Waals surface area contributed by atoms with E-state index in [-0.39, 0.29) is 5.91 Å². The number of carbonyl (C=O) groups excluding carboxylic acids is 1. The second-order valence-electron chi connectivity index (χ2n) is 7.05. The number of carbonyl (C=O) groups is 1. The van der Waals surface area contributed by atoms with E-state index < -0.39 is 0 Å². The molecule has 0 unspecified atom stereocenters. The average molecular weight is 367 g/mol. The van der Waals surface area contributed by atoms with Crippen LogP contribution in [0.1, 0.15) is 22.3 Å². The van der Waals surface area contributed by atoms with Gasteiger partial charge in [-0.25, -0.2) is 4.98 Å². The highest BCUT2D eigenvalue weighted by atomic mass is 16.2. The van der Waals surface area contributed by atoms with Crippen LogP contribution < -0.4 is 10.6 Å². The molecule has 2 heterocycles. The largest absolute Gasteiger partial charge is 0.354 e. The van der Waals surface area contributed by atoms with Gasteiger partial charge in [0.25, 0.3) is 5.91 Å². The van der Waals surface area contributed by atoms with Gasteiger partial charge < -0.3 is 20.4 Å². The summed E-state index contributed by atoms with van der Waals surface area (Å²) in [5, 5.41) is 0. The number of rotatable bonds is 7. The fourth-order valence-corrected chi connectivity index (χ4v) is 3.28. The van der Waals surface area contributed by atoms with Crippen LogP contribution in [0.5, 0.6) is 0 Å². The molecule has 0 atom stereocenters. The number of anilines is 1. The van der Waals surface area contributed by atoms with Gasteiger partial charge in [0.05, 0.1) is 0 Å². The van der Waals surface area contributed by atoms with Crippen molar-refractivity contribution in [2.45, 2.75) is 13.0 Å². The summed E-state index contributed by atoms with van der Waals surface area (Å²) in [4.78, 5) is 24.1. The first kappa shape index (κ1) is 19.3. The van der Waals surface area contributed by atoms with Gasteiger partial charge in [-0.3, -0.25) is 4.79 Å². The Balaban J connectivity index is 1.75. The maximum atomic E-state index is 13.2. The van der Waals surface area contributed by atoms with Crippen molar-refractivity contribution in [2.24, 2.45) is 5.73 Å². The van der Waals surface area contributed by atoms with Crippen molar-refractivity contribution >= 4 is 11.7 Å². The highest BCUT2D eigenvalue weighted by Crippen LogP contribution is 2.17. The third kappa shape index (κ3) is 5.28. The molecule has 0 aliphatic carbocycles. The highest BCUT2D eigenvalue weighted by Gasteiger charge is 2.19. The van der Waals surface area contributed by atoms with Crippen LogP contribution in [0.3, 0.4) is 0 Å². The fraction of sp³-hybridized carbons (Fsp3) is 0.429. The minimum atomic E-state index is 0.0325. The molecule has 1 saturated heterocycles. The van der Waals surface area contributed by atoms with Gasteiger partial charge in [-0.1, -0.05) is 30.3 Å². The number of nitrogens with zero attached hydrogens (tertiary/aromatic N) is 4. The minimum absolute atomic E-state index is 0.0325. The normalized spacial score (nSPS) is 15.0. The molecular formula is C21H29N5O. The number of likely N-dealkylation sites (N-methyl/N-ethyl adjacent to an activating group) is 1. The summed E-state index contributed by atoms with van der Waals surface area (Å²) in [7, 11) is 2.13. The molecule has 0 spiro atoms. The number of hydrogen-bond acceptors (Lipinski definition) is 5. The van der Waals surface area contributed by atoms with Crippen molar-refractivity contribution in [3.8, 4) is 0 Å². The molecule has 0 saturated carbocycles. The van der Waals surface area contributed by atoms with Crippen LogP contribution in [0, 0.1) is 0 Å². The Bertz CT molecular complexity index is 728. The van der Waals surface area contributed by atoms with Crippen molar-refractivity contribution in [3.05, 3.63) is 59.8 Å². The molecule has 0 radical (unpaired) electrons. The van der Waals surface area contributed by atoms with Crippen molar-refractivity contribution in [2.75, 3.05) is 51.2 Å². The topological polar surface area (TPSA) is 65.7 Å². The van der Waals surface area contributed by atoms with Crippen LogP contribution in [0.25, 0.3) is 0 Å². The van der Waals surface area contributed by atoms with E-state index in [0.29, 0.717) is 25.2 Å². The fourth-order valence-electron chi connectivity index (χ4n) is 3.28. The smallest absolute Gasteiger partial charge is 0.254 e. The van der Waals surface area contributed by atoms with Gasteiger partial charge in [0.1, 0.15) is 5.82 Å². The van der Waals surface area contributed by atoms with Crippen LogP contribution in [-0.2, 0) is 6.54 Å². The van der Waals surface area contributed by atoms with Gasteiger partial charge >= 0.3 is 0 Å². The molecule has 1 aliphatic rings. The van der Waals surface area contributed by atoms with Crippen LogP contribution in [0.4, 0.5) is 5.82 Å². The van der Waals surface area contributed by atoms with Gasteiger partial charge in [0.2, 0.25) is 0 Å². The summed E-state index contributed by atoms with van der Waals surface area (Å²) >= 11 is 0. The van der Waals surface area contributed by atoms with Crippen molar-refractivity contribution in [1.82, 2.24) is 14.8 Å². The predicted molar refractivity (Wildman–Crippen MR) is 109 cm³/mol. The molecule has 1 aromatic heterocycles. The third-order valence-corrected chi connectivity index (χ3v) is 4.96. The number of nitrogens with two attached hydrogens (primary N) is 1. The molecule has 2 aromatic rings. The number of pyridine rings is 1. The Hall–Kier alpha value is -2.44. The molecule has 1 aromatic carbocycles. The number of aromatic nitrogens is 1. The zero-order valence-electron chi connectivity index (χ0n) is 16.1. The molecule has 27 heavy (non-hydrogen) atoms. The van der Waals surface area contributed by atoms with Crippen molar-refractivity contribution in [3.63, 3.8) is 0 Å². The maximum absolute atomic E-state index is 13.2.